The van der Waals surface area contributed by atoms with E-state index in [0.29, 0.717) is 5.69 Å². The third-order valence-corrected chi connectivity index (χ3v) is 3.21. The average Bonchev–Trinajstić information content (AvgIpc) is 2.47. The van der Waals surface area contributed by atoms with Crippen molar-refractivity contribution in [3.63, 3.8) is 0 Å². The van der Waals surface area contributed by atoms with Crippen molar-refractivity contribution in [3.8, 4) is 0 Å². The lowest BCUT2D eigenvalue weighted by Crippen LogP contribution is -2.22. The smallest absolute Gasteiger partial charge is 0.272 e. The molecule has 0 aliphatic heterocycles. The van der Waals surface area contributed by atoms with E-state index in [1.807, 2.05) is 6.07 Å². The molecule has 21 heavy (non-hydrogen) atoms. The van der Waals surface area contributed by atoms with Crippen LogP contribution >= 0.6 is 0 Å². The predicted molar refractivity (Wildman–Crippen MR) is 85.6 cm³/mol. The van der Waals surface area contributed by atoms with Gasteiger partial charge in [0.1, 0.15) is 5.69 Å². The second-order valence-corrected chi connectivity index (χ2v) is 5.30. The molecule has 4 nitrogen and oxygen atoms in total. The lowest BCUT2D eigenvalue weighted by Gasteiger charge is -2.11. The molecule has 1 aromatic carbocycles. The van der Waals surface area contributed by atoms with Gasteiger partial charge in [0.2, 0.25) is 0 Å². The van der Waals surface area contributed by atoms with E-state index >= 15 is 0 Å². The number of aryl methyl sites for hydroxylation is 1. The van der Waals surface area contributed by atoms with Crippen molar-refractivity contribution < 1.29 is 4.79 Å². The van der Waals surface area contributed by atoms with Gasteiger partial charge in [0.25, 0.3) is 5.91 Å². The van der Waals surface area contributed by atoms with E-state index < -0.39 is 0 Å². The first-order valence-electron chi connectivity index (χ1n) is 7.03. The van der Waals surface area contributed by atoms with Gasteiger partial charge in [0.05, 0.1) is 0 Å². The summed E-state index contributed by atoms with van der Waals surface area (Å²) in [5.41, 5.74) is 3.96. The minimum atomic E-state index is -0.0858. The fourth-order valence-corrected chi connectivity index (χ4v) is 2.11. The van der Waals surface area contributed by atoms with Crippen LogP contribution in [0.5, 0.6) is 0 Å². The number of nitrogens with one attached hydrogen (secondary N) is 1. The summed E-state index contributed by atoms with van der Waals surface area (Å²) in [7, 11) is 3.45. The number of carbonyl (C=O) groups excluding carboxylic acids is 1. The van der Waals surface area contributed by atoms with Gasteiger partial charge in [-0.1, -0.05) is 29.8 Å². The Balaban J connectivity index is 1.94. The van der Waals surface area contributed by atoms with Crippen molar-refractivity contribution in [1.82, 2.24) is 9.88 Å². The Kier molecular flexibility index (Phi) is 4.93. The number of hydrogen-bond donors (Lipinski definition) is 1. The number of pyridine rings is 1. The maximum Gasteiger partial charge on any atom is 0.272 e. The summed E-state index contributed by atoms with van der Waals surface area (Å²) >= 11 is 0. The van der Waals surface area contributed by atoms with Crippen molar-refractivity contribution in [2.24, 2.45) is 0 Å². The molecule has 0 saturated heterocycles. The Hall–Kier alpha value is -2.36. The molecule has 2 aromatic rings. The van der Waals surface area contributed by atoms with Crippen LogP contribution in [-0.2, 0) is 6.42 Å². The van der Waals surface area contributed by atoms with E-state index in [4.69, 9.17) is 0 Å². The van der Waals surface area contributed by atoms with E-state index in [1.165, 1.54) is 16.0 Å². The number of carbonyl (C=O) groups is 1. The molecule has 1 heterocycles. The SMILES string of the molecule is Cc1cccc(CCNc2ccnc(C(=O)N(C)C)c2)c1. The summed E-state index contributed by atoms with van der Waals surface area (Å²) < 4.78 is 0. The van der Waals surface area contributed by atoms with Gasteiger partial charge >= 0.3 is 0 Å². The molecule has 1 amide bonds. The lowest BCUT2D eigenvalue weighted by atomic mass is 10.1. The Morgan fingerprint density at radius 2 is 2.05 bits per heavy atom. The third-order valence-electron chi connectivity index (χ3n) is 3.21. The average molecular weight is 283 g/mol. The third kappa shape index (κ3) is 4.31. The van der Waals surface area contributed by atoms with Crippen molar-refractivity contribution in [2.75, 3.05) is 26.0 Å². The number of nitrogens with zero attached hydrogens (tertiary/aromatic N) is 2. The monoisotopic (exact) mass is 283 g/mol. The van der Waals surface area contributed by atoms with Crippen molar-refractivity contribution in [1.29, 1.82) is 0 Å². The lowest BCUT2D eigenvalue weighted by molar-refractivity contribution is 0.0822. The molecule has 0 saturated carbocycles. The molecule has 0 aliphatic rings. The first-order valence-corrected chi connectivity index (χ1v) is 7.03. The maximum atomic E-state index is 11.9. The van der Waals surface area contributed by atoms with E-state index in [9.17, 15) is 4.79 Å². The maximum absolute atomic E-state index is 11.9. The van der Waals surface area contributed by atoms with Gasteiger partial charge in [-0.25, -0.2) is 0 Å². The summed E-state index contributed by atoms with van der Waals surface area (Å²) in [4.78, 5) is 17.5. The van der Waals surface area contributed by atoms with Gasteiger partial charge < -0.3 is 10.2 Å². The van der Waals surface area contributed by atoms with Crippen LogP contribution in [-0.4, -0.2) is 36.4 Å². The molecule has 0 atom stereocenters. The highest BCUT2D eigenvalue weighted by Gasteiger charge is 2.09. The predicted octanol–water partition coefficient (Wildman–Crippen LogP) is 2.75. The first-order chi connectivity index (χ1) is 10.1. The van der Waals surface area contributed by atoms with Crippen molar-refractivity contribution in [2.45, 2.75) is 13.3 Å². The highest BCUT2D eigenvalue weighted by atomic mass is 16.2. The Labute approximate surface area is 125 Å². The van der Waals surface area contributed by atoms with Gasteiger partial charge in [-0.15, -0.1) is 0 Å². The zero-order chi connectivity index (χ0) is 15.2. The van der Waals surface area contributed by atoms with E-state index in [1.54, 1.807) is 26.4 Å². The van der Waals surface area contributed by atoms with Crippen LogP contribution in [0.3, 0.4) is 0 Å². The van der Waals surface area contributed by atoms with Crippen LogP contribution in [0.2, 0.25) is 0 Å². The molecule has 1 N–H and O–H groups in total. The minimum absolute atomic E-state index is 0.0858. The number of anilines is 1. The Morgan fingerprint density at radius 1 is 1.24 bits per heavy atom. The summed E-state index contributed by atoms with van der Waals surface area (Å²) in [6, 6.07) is 12.2. The number of aromatic nitrogens is 1. The van der Waals surface area contributed by atoms with Crippen LogP contribution in [0.1, 0.15) is 21.6 Å². The molecule has 4 heteroatoms. The Morgan fingerprint density at radius 3 is 2.76 bits per heavy atom. The fraction of sp³-hybridized carbons (Fsp3) is 0.294. The summed E-state index contributed by atoms with van der Waals surface area (Å²) in [6.07, 6.45) is 2.60. The number of benzene rings is 1. The second-order valence-electron chi connectivity index (χ2n) is 5.30. The normalized spacial score (nSPS) is 10.2. The van der Waals surface area contributed by atoms with Gasteiger partial charge in [-0.05, 0) is 31.0 Å². The van der Waals surface area contributed by atoms with Gasteiger partial charge in [0.15, 0.2) is 0 Å². The summed E-state index contributed by atoms with van der Waals surface area (Å²) in [5, 5.41) is 3.34. The van der Waals surface area contributed by atoms with Gasteiger partial charge in [-0.3, -0.25) is 9.78 Å². The Bertz CT molecular complexity index is 623. The number of hydrogen-bond acceptors (Lipinski definition) is 3. The van der Waals surface area contributed by atoms with E-state index in [-0.39, 0.29) is 5.91 Å². The zero-order valence-electron chi connectivity index (χ0n) is 12.8. The molecule has 0 spiro atoms. The van der Waals surface area contributed by atoms with Crippen LogP contribution in [0.15, 0.2) is 42.6 Å². The van der Waals surface area contributed by atoms with E-state index in [0.717, 1.165) is 18.7 Å². The van der Waals surface area contributed by atoms with Crippen molar-refractivity contribution >= 4 is 11.6 Å². The molecule has 0 radical (unpaired) electrons. The largest absolute Gasteiger partial charge is 0.385 e. The molecule has 110 valence electrons. The molecule has 1 aromatic heterocycles. The van der Waals surface area contributed by atoms with Crippen LogP contribution in [0.25, 0.3) is 0 Å². The summed E-state index contributed by atoms with van der Waals surface area (Å²) in [5.74, 6) is -0.0858. The number of amides is 1. The highest BCUT2D eigenvalue weighted by molar-refractivity contribution is 5.92. The van der Waals surface area contributed by atoms with Crippen LogP contribution in [0, 0.1) is 6.92 Å². The minimum Gasteiger partial charge on any atom is -0.385 e. The molecule has 0 unspecified atom stereocenters. The van der Waals surface area contributed by atoms with E-state index in [2.05, 4.69) is 41.5 Å². The topological polar surface area (TPSA) is 45.2 Å². The fourth-order valence-electron chi connectivity index (χ4n) is 2.11. The molecular formula is C17H21N3O. The molecule has 0 aliphatic carbocycles. The molecule has 0 bridgehead atoms. The standard InChI is InChI=1S/C17H21N3O/c1-13-5-4-6-14(11-13)7-9-18-15-8-10-19-16(12-15)17(21)20(2)3/h4-6,8,10-12H,7,9H2,1-3H3,(H,18,19). The summed E-state index contributed by atoms with van der Waals surface area (Å²) in [6.45, 7) is 2.92. The molecular weight excluding hydrogens is 262 g/mol. The quantitative estimate of drug-likeness (QED) is 0.917. The van der Waals surface area contributed by atoms with Crippen LogP contribution in [0.4, 0.5) is 5.69 Å². The zero-order valence-corrected chi connectivity index (χ0v) is 12.8. The molecule has 2 rings (SSSR count). The van der Waals surface area contributed by atoms with Crippen LogP contribution < -0.4 is 5.32 Å². The molecule has 0 fully saturated rings. The highest BCUT2D eigenvalue weighted by Crippen LogP contribution is 2.10. The number of rotatable bonds is 5. The van der Waals surface area contributed by atoms with Gasteiger partial charge in [0, 0.05) is 32.5 Å². The van der Waals surface area contributed by atoms with Gasteiger partial charge in [-0.2, -0.15) is 0 Å². The second kappa shape index (κ2) is 6.88. The van der Waals surface area contributed by atoms with Crippen molar-refractivity contribution in [3.05, 3.63) is 59.4 Å². The first kappa shape index (κ1) is 15.0.